The van der Waals surface area contributed by atoms with Gasteiger partial charge in [-0.3, -0.25) is 4.79 Å². The molecule has 1 aliphatic carbocycles. The number of rotatable bonds is 7. The lowest BCUT2D eigenvalue weighted by molar-refractivity contribution is -0.126. The number of nitrogens with one attached hydrogen (secondary N) is 2. The molecule has 9 heteroatoms. The smallest absolute Gasteiger partial charge is 0.240 e. The molecule has 1 fully saturated rings. The topological polar surface area (TPSA) is 101 Å². The van der Waals surface area contributed by atoms with Crippen LogP contribution in [-0.4, -0.2) is 25.4 Å². The Morgan fingerprint density at radius 1 is 1.06 bits per heavy atom. The first kappa shape index (κ1) is 23.1. The Morgan fingerprint density at radius 2 is 1.73 bits per heavy atom. The van der Waals surface area contributed by atoms with Crippen LogP contribution in [0.25, 0.3) is 11.3 Å². The molecule has 1 amide bonds. The van der Waals surface area contributed by atoms with E-state index in [1.54, 1.807) is 36.4 Å². The molecular formula is C24H26FN3O4S. The van der Waals surface area contributed by atoms with Crippen molar-refractivity contribution in [1.29, 1.82) is 0 Å². The summed E-state index contributed by atoms with van der Waals surface area (Å²) in [6, 6.07) is 12.1. The molecule has 0 radical (unpaired) electrons. The fourth-order valence-electron chi connectivity index (χ4n) is 4.09. The molecule has 3 aromatic rings. The van der Waals surface area contributed by atoms with E-state index in [1.165, 1.54) is 24.8 Å². The van der Waals surface area contributed by atoms with E-state index in [2.05, 4.69) is 15.0 Å². The molecule has 7 nitrogen and oxygen atoms in total. The number of carbonyl (C=O) groups excluding carboxylic acids is 1. The summed E-state index contributed by atoms with van der Waals surface area (Å²) < 4.78 is 46.4. The highest BCUT2D eigenvalue weighted by Gasteiger charge is 2.29. The molecule has 0 unspecified atom stereocenters. The first-order valence-corrected chi connectivity index (χ1v) is 12.4. The average Bonchev–Trinajstić information content (AvgIpc) is 3.35. The fraction of sp³-hybridized carbons (Fsp3) is 0.333. The molecule has 4 rings (SSSR count). The van der Waals surface area contributed by atoms with Gasteiger partial charge < -0.3 is 9.73 Å². The zero-order valence-electron chi connectivity index (χ0n) is 18.2. The van der Waals surface area contributed by atoms with Crippen LogP contribution in [0, 0.1) is 11.7 Å². The van der Waals surface area contributed by atoms with Crippen LogP contribution in [0.2, 0.25) is 0 Å². The number of carbonyl (C=O) groups is 1. The van der Waals surface area contributed by atoms with Gasteiger partial charge in [0.25, 0.3) is 0 Å². The minimum atomic E-state index is -3.67. The van der Waals surface area contributed by atoms with Crippen molar-refractivity contribution in [2.24, 2.45) is 5.92 Å². The van der Waals surface area contributed by atoms with Crippen LogP contribution in [0.15, 0.2) is 70.5 Å². The van der Waals surface area contributed by atoms with Gasteiger partial charge in [-0.25, -0.2) is 22.5 Å². The number of amides is 1. The van der Waals surface area contributed by atoms with Crippen LogP contribution in [-0.2, 0) is 14.8 Å². The first-order chi connectivity index (χ1) is 15.8. The summed E-state index contributed by atoms with van der Waals surface area (Å²) in [6.07, 6.45) is 5.18. The van der Waals surface area contributed by atoms with E-state index in [0.717, 1.165) is 11.1 Å². The van der Waals surface area contributed by atoms with Gasteiger partial charge in [0, 0.05) is 17.5 Å². The van der Waals surface area contributed by atoms with E-state index in [1.807, 2.05) is 6.92 Å². The van der Waals surface area contributed by atoms with Crippen molar-refractivity contribution in [2.75, 3.05) is 0 Å². The molecule has 1 aliphatic rings. The van der Waals surface area contributed by atoms with Gasteiger partial charge >= 0.3 is 0 Å². The average molecular weight is 472 g/mol. The monoisotopic (exact) mass is 471 g/mol. The summed E-state index contributed by atoms with van der Waals surface area (Å²) in [5, 5.41) is 2.98. The van der Waals surface area contributed by atoms with E-state index in [9.17, 15) is 17.6 Å². The van der Waals surface area contributed by atoms with Crippen molar-refractivity contribution in [3.63, 3.8) is 0 Å². The van der Waals surface area contributed by atoms with E-state index in [4.69, 9.17) is 4.42 Å². The van der Waals surface area contributed by atoms with E-state index in [-0.39, 0.29) is 34.6 Å². The summed E-state index contributed by atoms with van der Waals surface area (Å²) >= 11 is 0. The standard InChI is InChI=1S/C24H26FN3O4S/c1-16(17-2-8-20(25)9-3-17)27-24(29)19-4-10-21(11-5-19)28-33(30,31)22-12-6-18(7-13-22)23-14-32-15-26-23/h2-3,6-9,12-16,19,21,28H,4-5,10-11H2,1H3,(H,27,29)/t16-,19-,21-/m1/s1. The van der Waals surface area contributed by atoms with E-state index >= 15 is 0 Å². The number of hydrogen-bond acceptors (Lipinski definition) is 5. The van der Waals surface area contributed by atoms with Gasteiger partial charge in [-0.2, -0.15) is 0 Å². The number of halogens is 1. The summed E-state index contributed by atoms with van der Waals surface area (Å²) in [6.45, 7) is 1.86. The Morgan fingerprint density at radius 3 is 2.33 bits per heavy atom. The Hall–Kier alpha value is -3.04. The predicted molar refractivity (Wildman–Crippen MR) is 121 cm³/mol. The maximum absolute atomic E-state index is 13.1. The van der Waals surface area contributed by atoms with Crippen LogP contribution < -0.4 is 10.0 Å². The molecule has 2 aromatic carbocycles. The summed E-state index contributed by atoms with van der Waals surface area (Å²) in [4.78, 5) is 16.9. The highest BCUT2D eigenvalue weighted by atomic mass is 32.2. The molecule has 1 aromatic heterocycles. The normalized spacial score (nSPS) is 19.7. The lowest BCUT2D eigenvalue weighted by Crippen LogP contribution is -2.41. The largest absolute Gasteiger partial charge is 0.451 e. The molecule has 0 bridgehead atoms. The van der Waals surface area contributed by atoms with Crippen LogP contribution in [0.4, 0.5) is 4.39 Å². The minimum absolute atomic E-state index is 0.0587. The molecule has 2 N–H and O–H groups in total. The number of aromatic nitrogens is 1. The molecule has 1 saturated carbocycles. The van der Waals surface area contributed by atoms with Crippen molar-refractivity contribution < 1.29 is 22.0 Å². The molecule has 0 spiro atoms. The first-order valence-electron chi connectivity index (χ1n) is 10.9. The second-order valence-electron chi connectivity index (χ2n) is 8.35. The van der Waals surface area contributed by atoms with E-state index < -0.39 is 10.0 Å². The molecule has 0 aliphatic heterocycles. The van der Waals surface area contributed by atoms with Gasteiger partial charge in [0.15, 0.2) is 6.39 Å². The fourth-order valence-corrected chi connectivity index (χ4v) is 5.39. The maximum atomic E-state index is 13.1. The minimum Gasteiger partial charge on any atom is -0.451 e. The zero-order chi connectivity index (χ0) is 23.4. The van der Waals surface area contributed by atoms with Crippen molar-refractivity contribution in [1.82, 2.24) is 15.0 Å². The van der Waals surface area contributed by atoms with Gasteiger partial charge in [0.05, 0.1) is 10.9 Å². The second kappa shape index (κ2) is 9.84. The molecule has 174 valence electrons. The van der Waals surface area contributed by atoms with Crippen LogP contribution in [0.3, 0.4) is 0 Å². The third-order valence-corrected chi connectivity index (χ3v) is 7.58. The predicted octanol–water partition coefficient (Wildman–Crippen LogP) is 4.20. The van der Waals surface area contributed by atoms with Crippen molar-refractivity contribution in [2.45, 2.75) is 49.6 Å². The molecule has 33 heavy (non-hydrogen) atoms. The Bertz CT molecular complexity index is 1170. The maximum Gasteiger partial charge on any atom is 0.240 e. The summed E-state index contributed by atoms with van der Waals surface area (Å²) in [5.41, 5.74) is 2.24. The number of nitrogens with zero attached hydrogens (tertiary/aromatic N) is 1. The van der Waals surface area contributed by atoms with Gasteiger partial charge in [-0.1, -0.05) is 24.3 Å². The number of hydrogen-bond donors (Lipinski definition) is 2. The molecule has 1 atom stereocenters. The third kappa shape index (κ3) is 5.66. The van der Waals surface area contributed by atoms with Gasteiger partial charge in [-0.05, 0) is 62.4 Å². The quantitative estimate of drug-likeness (QED) is 0.538. The Kier molecular flexibility index (Phi) is 6.90. The highest BCUT2D eigenvalue weighted by Crippen LogP contribution is 2.27. The lowest BCUT2D eigenvalue weighted by Gasteiger charge is -2.29. The van der Waals surface area contributed by atoms with Crippen LogP contribution >= 0.6 is 0 Å². The van der Waals surface area contributed by atoms with Gasteiger partial charge in [0.2, 0.25) is 15.9 Å². The second-order valence-corrected chi connectivity index (χ2v) is 10.1. The number of benzene rings is 2. The number of sulfonamides is 1. The van der Waals surface area contributed by atoms with Gasteiger partial charge in [-0.15, -0.1) is 0 Å². The highest BCUT2D eigenvalue weighted by molar-refractivity contribution is 7.89. The summed E-state index contributed by atoms with van der Waals surface area (Å²) in [5.74, 6) is -0.545. The van der Waals surface area contributed by atoms with Crippen LogP contribution in [0.1, 0.15) is 44.2 Å². The van der Waals surface area contributed by atoms with Crippen molar-refractivity contribution in [3.05, 3.63) is 72.6 Å². The number of oxazole rings is 1. The zero-order valence-corrected chi connectivity index (χ0v) is 19.0. The molecule has 1 heterocycles. The Balaban J connectivity index is 1.29. The SMILES string of the molecule is C[C@@H](NC(=O)[C@H]1CC[C@H](NS(=O)(=O)c2ccc(-c3cocn3)cc2)CC1)c1ccc(F)cc1. The lowest BCUT2D eigenvalue weighted by atomic mass is 9.85. The molecule has 0 saturated heterocycles. The van der Waals surface area contributed by atoms with E-state index in [0.29, 0.717) is 31.4 Å². The van der Waals surface area contributed by atoms with Crippen molar-refractivity contribution >= 4 is 15.9 Å². The van der Waals surface area contributed by atoms with Crippen LogP contribution in [0.5, 0.6) is 0 Å². The summed E-state index contributed by atoms with van der Waals surface area (Å²) in [7, 11) is -3.67. The van der Waals surface area contributed by atoms with Gasteiger partial charge in [0.1, 0.15) is 17.8 Å². The Labute approximate surface area is 192 Å². The van der Waals surface area contributed by atoms with Crippen molar-refractivity contribution in [3.8, 4) is 11.3 Å². The molecular weight excluding hydrogens is 445 g/mol. The third-order valence-electron chi connectivity index (χ3n) is 6.04.